The van der Waals surface area contributed by atoms with Crippen molar-refractivity contribution in [3.8, 4) is 5.75 Å². The van der Waals surface area contributed by atoms with Crippen molar-refractivity contribution in [3.05, 3.63) is 29.3 Å². The molecule has 4 nitrogen and oxygen atoms in total. The lowest BCUT2D eigenvalue weighted by Crippen LogP contribution is -2.28. The summed E-state index contributed by atoms with van der Waals surface area (Å²) < 4.78 is 5.72. The number of carbonyl (C=O) groups is 1. The topological polar surface area (TPSA) is 50.4 Å². The van der Waals surface area contributed by atoms with Crippen molar-refractivity contribution < 1.29 is 9.53 Å². The van der Waals surface area contributed by atoms with Crippen LogP contribution in [0.1, 0.15) is 24.0 Å². The van der Waals surface area contributed by atoms with E-state index in [9.17, 15) is 4.79 Å². The smallest absolute Gasteiger partial charge is 0.220 e. The number of hydrogen-bond acceptors (Lipinski definition) is 3. The van der Waals surface area contributed by atoms with Crippen molar-refractivity contribution in [2.75, 3.05) is 26.7 Å². The van der Waals surface area contributed by atoms with Gasteiger partial charge in [0.15, 0.2) is 0 Å². The third-order valence-electron chi connectivity index (χ3n) is 2.91. The maximum absolute atomic E-state index is 11.5. The fourth-order valence-corrected chi connectivity index (χ4v) is 1.88. The highest BCUT2D eigenvalue weighted by molar-refractivity contribution is 5.75. The quantitative estimate of drug-likeness (QED) is 0.704. The Kier molecular flexibility index (Phi) is 6.97. The van der Waals surface area contributed by atoms with Crippen LogP contribution >= 0.6 is 0 Å². The van der Waals surface area contributed by atoms with Crippen LogP contribution in [0.3, 0.4) is 0 Å². The van der Waals surface area contributed by atoms with Crippen LogP contribution in [0.2, 0.25) is 0 Å². The van der Waals surface area contributed by atoms with Gasteiger partial charge in [-0.05, 0) is 45.0 Å². The summed E-state index contributed by atoms with van der Waals surface area (Å²) in [5.74, 6) is 1.01. The Bertz CT molecular complexity index is 385. The Morgan fingerprint density at radius 2 is 1.89 bits per heavy atom. The fourth-order valence-electron chi connectivity index (χ4n) is 1.88. The largest absolute Gasteiger partial charge is 0.491 e. The zero-order valence-corrected chi connectivity index (χ0v) is 12.1. The molecule has 0 radical (unpaired) electrons. The molecule has 106 valence electrons. The first-order valence-electron chi connectivity index (χ1n) is 6.75. The molecule has 0 aromatic heterocycles. The summed E-state index contributed by atoms with van der Waals surface area (Å²) in [6, 6.07) is 6.07. The number of hydrogen-bond donors (Lipinski definition) is 2. The van der Waals surface area contributed by atoms with Crippen LogP contribution in [-0.4, -0.2) is 32.7 Å². The Hall–Kier alpha value is -1.55. The predicted octanol–water partition coefficient (Wildman–Crippen LogP) is 1.80. The van der Waals surface area contributed by atoms with Crippen molar-refractivity contribution in [1.82, 2.24) is 10.6 Å². The van der Waals surface area contributed by atoms with Crippen molar-refractivity contribution >= 4 is 5.91 Å². The maximum atomic E-state index is 11.5. The first-order valence-corrected chi connectivity index (χ1v) is 6.75. The van der Waals surface area contributed by atoms with Gasteiger partial charge in [0.25, 0.3) is 0 Å². The fraction of sp³-hybridized carbons (Fsp3) is 0.533. The first kappa shape index (κ1) is 15.5. The number of rotatable bonds is 8. The highest BCUT2D eigenvalue weighted by Crippen LogP contribution is 2.21. The third-order valence-corrected chi connectivity index (χ3v) is 2.91. The van der Waals surface area contributed by atoms with E-state index in [0.717, 1.165) is 29.8 Å². The number of amides is 1. The molecule has 0 saturated carbocycles. The average molecular weight is 264 g/mol. The van der Waals surface area contributed by atoms with Gasteiger partial charge in [0, 0.05) is 6.42 Å². The second-order valence-electron chi connectivity index (χ2n) is 4.63. The molecule has 0 bridgehead atoms. The Labute approximate surface area is 115 Å². The van der Waals surface area contributed by atoms with Gasteiger partial charge >= 0.3 is 0 Å². The van der Waals surface area contributed by atoms with E-state index in [1.807, 2.05) is 39.1 Å². The summed E-state index contributed by atoms with van der Waals surface area (Å²) >= 11 is 0. The summed E-state index contributed by atoms with van der Waals surface area (Å²) in [4.78, 5) is 11.5. The predicted molar refractivity (Wildman–Crippen MR) is 77.6 cm³/mol. The van der Waals surface area contributed by atoms with Crippen molar-refractivity contribution in [2.45, 2.75) is 26.7 Å². The SMILES string of the molecule is CNCCCC(=O)NCCOc1c(C)cccc1C. The van der Waals surface area contributed by atoms with Gasteiger partial charge in [-0.15, -0.1) is 0 Å². The molecule has 0 aliphatic heterocycles. The molecule has 1 aromatic carbocycles. The lowest BCUT2D eigenvalue weighted by Gasteiger charge is -2.12. The van der Waals surface area contributed by atoms with Crippen LogP contribution in [0.15, 0.2) is 18.2 Å². The van der Waals surface area contributed by atoms with E-state index < -0.39 is 0 Å². The summed E-state index contributed by atoms with van der Waals surface area (Å²) in [6.07, 6.45) is 1.42. The highest BCUT2D eigenvalue weighted by Gasteiger charge is 2.03. The van der Waals surface area contributed by atoms with Crippen LogP contribution in [-0.2, 0) is 4.79 Å². The third kappa shape index (κ3) is 5.75. The van der Waals surface area contributed by atoms with Gasteiger partial charge < -0.3 is 15.4 Å². The molecular formula is C15H24N2O2. The number of aryl methyl sites for hydroxylation is 2. The monoisotopic (exact) mass is 264 g/mol. The Morgan fingerprint density at radius 1 is 1.21 bits per heavy atom. The number of nitrogens with one attached hydrogen (secondary N) is 2. The standard InChI is InChI=1S/C15H24N2O2/c1-12-6-4-7-13(2)15(12)19-11-10-17-14(18)8-5-9-16-3/h4,6-7,16H,5,8-11H2,1-3H3,(H,17,18). The van der Waals surface area contributed by atoms with Gasteiger partial charge in [-0.25, -0.2) is 0 Å². The molecular weight excluding hydrogens is 240 g/mol. The normalized spacial score (nSPS) is 10.3. The molecule has 0 aliphatic carbocycles. The lowest BCUT2D eigenvalue weighted by molar-refractivity contribution is -0.121. The average Bonchev–Trinajstić information content (AvgIpc) is 2.37. The van der Waals surface area contributed by atoms with E-state index in [1.165, 1.54) is 0 Å². The van der Waals surface area contributed by atoms with Crippen molar-refractivity contribution in [1.29, 1.82) is 0 Å². The minimum Gasteiger partial charge on any atom is -0.491 e. The molecule has 19 heavy (non-hydrogen) atoms. The zero-order chi connectivity index (χ0) is 14.1. The van der Waals surface area contributed by atoms with Crippen LogP contribution < -0.4 is 15.4 Å². The van der Waals surface area contributed by atoms with E-state index in [1.54, 1.807) is 0 Å². The van der Waals surface area contributed by atoms with Gasteiger partial charge in [0.05, 0.1) is 6.54 Å². The molecule has 1 rings (SSSR count). The van der Waals surface area contributed by atoms with Crippen LogP contribution in [0.5, 0.6) is 5.75 Å². The molecule has 0 fully saturated rings. The van der Waals surface area contributed by atoms with E-state index >= 15 is 0 Å². The second kappa shape index (κ2) is 8.53. The minimum absolute atomic E-state index is 0.0837. The van der Waals surface area contributed by atoms with Gasteiger partial charge in [0.2, 0.25) is 5.91 Å². The highest BCUT2D eigenvalue weighted by atomic mass is 16.5. The Morgan fingerprint density at radius 3 is 2.53 bits per heavy atom. The summed E-state index contributed by atoms with van der Waals surface area (Å²) in [6.45, 7) is 5.97. The molecule has 1 aromatic rings. The molecule has 0 aliphatic rings. The van der Waals surface area contributed by atoms with E-state index in [-0.39, 0.29) is 5.91 Å². The molecule has 1 amide bonds. The van der Waals surface area contributed by atoms with Crippen LogP contribution in [0.4, 0.5) is 0 Å². The van der Waals surface area contributed by atoms with Crippen LogP contribution in [0, 0.1) is 13.8 Å². The molecule has 4 heteroatoms. The number of ether oxygens (including phenoxy) is 1. The summed E-state index contributed by atoms with van der Waals surface area (Å²) in [5.41, 5.74) is 2.25. The van der Waals surface area contributed by atoms with Gasteiger partial charge in [-0.3, -0.25) is 4.79 Å². The lowest BCUT2D eigenvalue weighted by atomic mass is 10.1. The van der Waals surface area contributed by atoms with E-state index in [2.05, 4.69) is 10.6 Å². The molecule has 0 saturated heterocycles. The molecule has 0 spiro atoms. The van der Waals surface area contributed by atoms with E-state index in [4.69, 9.17) is 4.74 Å². The van der Waals surface area contributed by atoms with Gasteiger partial charge in [0.1, 0.15) is 12.4 Å². The van der Waals surface area contributed by atoms with Gasteiger partial charge in [-0.1, -0.05) is 18.2 Å². The van der Waals surface area contributed by atoms with Gasteiger partial charge in [-0.2, -0.15) is 0 Å². The maximum Gasteiger partial charge on any atom is 0.220 e. The van der Waals surface area contributed by atoms with Crippen molar-refractivity contribution in [2.24, 2.45) is 0 Å². The second-order valence-corrected chi connectivity index (χ2v) is 4.63. The minimum atomic E-state index is 0.0837. The Balaban J connectivity index is 2.22. The number of carbonyl (C=O) groups excluding carboxylic acids is 1. The number of benzene rings is 1. The molecule has 0 unspecified atom stereocenters. The van der Waals surface area contributed by atoms with Crippen molar-refractivity contribution in [3.63, 3.8) is 0 Å². The zero-order valence-electron chi connectivity index (χ0n) is 12.1. The summed E-state index contributed by atoms with van der Waals surface area (Å²) in [7, 11) is 1.89. The summed E-state index contributed by atoms with van der Waals surface area (Å²) in [5, 5.41) is 5.88. The molecule has 2 N–H and O–H groups in total. The van der Waals surface area contributed by atoms with Crippen LogP contribution in [0.25, 0.3) is 0 Å². The molecule has 0 heterocycles. The first-order chi connectivity index (χ1) is 9.15. The van der Waals surface area contributed by atoms with E-state index in [0.29, 0.717) is 19.6 Å². The number of para-hydroxylation sites is 1. The molecule has 0 atom stereocenters.